The minimum absolute atomic E-state index is 0.126. The first kappa shape index (κ1) is 10.8. The number of hydrogen-bond donors (Lipinski definition) is 0. The van der Waals surface area contributed by atoms with Crippen molar-refractivity contribution in [3.8, 4) is 0 Å². The highest BCUT2D eigenvalue weighted by molar-refractivity contribution is 5.68. The van der Waals surface area contributed by atoms with Crippen LogP contribution in [0.3, 0.4) is 0 Å². The fourth-order valence-corrected chi connectivity index (χ4v) is 3.33. The maximum absolute atomic E-state index is 11.6. The van der Waals surface area contributed by atoms with Crippen molar-refractivity contribution < 1.29 is 9.53 Å². The van der Waals surface area contributed by atoms with Gasteiger partial charge in [0.15, 0.2) is 0 Å². The zero-order chi connectivity index (χ0) is 10.8. The summed E-state index contributed by atoms with van der Waals surface area (Å²) in [6.45, 7) is 3.22. The Balaban J connectivity index is 2.09. The Kier molecular flexibility index (Phi) is 3.17. The van der Waals surface area contributed by atoms with Crippen LogP contribution in [0.1, 0.15) is 39.0 Å². The van der Waals surface area contributed by atoms with E-state index >= 15 is 0 Å². The SMILES string of the molecule is COC(=O)N1CCC[C@@H]2[C@H](C)CCC[C@@H]21. The van der Waals surface area contributed by atoms with Crippen molar-refractivity contribution >= 4 is 6.09 Å². The van der Waals surface area contributed by atoms with Crippen molar-refractivity contribution in [3.05, 3.63) is 0 Å². The highest BCUT2D eigenvalue weighted by atomic mass is 16.5. The summed E-state index contributed by atoms with van der Waals surface area (Å²) in [7, 11) is 1.48. The third kappa shape index (κ3) is 1.97. The molecule has 2 fully saturated rings. The first-order valence-electron chi connectivity index (χ1n) is 6.08. The molecule has 3 atom stereocenters. The van der Waals surface area contributed by atoms with Crippen LogP contribution < -0.4 is 0 Å². The summed E-state index contributed by atoms with van der Waals surface area (Å²) >= 11 is 0. The number of carbonyl (C=O) groups excluding carboxylic acids is 1. The minimum atomic E-state index is -0.126. The van der Waals surface area contributed by atoms with E-state index in [0.717, 1.165) is 18.9 Å². The molecule has 0 unspecified atom stereocenters. The highest BCUT2D eigenvalue weighted by Crippen LogP contribution is 2.39. The van der Waals surface area contributed by atoms with E-state index in [2.05, 4.69) is 6.92 Å². The zero-order valence-corrected chi connectivity index (χ0v) is 9.74. The monoisotopic (exact) mass is 211 g/mol. The van der Waals surface area contributed by atoms with Crippen molar-refractivity contribution in [1.82, 2.24) is 4.90 Å². The fourth-order valence-electron chi connectivity index (χ4n) is 3.33. The summed E-state index contributed by atoms with van der Waals surface area (Å²) in [6.07, 6.45) is 6.06. The summed E-state index contributed by atoms with van der Waals surface area (Å²) < 4.78 is 4.86. The van der Waals surface area contributed by atoms with E-state index in [-0.39, 0.29) is 6.09 Å². The number of methoxy groups -OCH3 is 1. The van der Waals surface area contributed by atoms with E-state index in [4.69, 9.17) is 4.74 Å². The van der Waals surface area contributed by atoms with Crippen LogP contribution in [0, 0.1) is 11.8 Å². The van der Waals surface area contributed by atoms with E-state index in [1.165, 1.54) is 32.8 Å². The molecular formula is C12H21NO2. The topological polar surface area (TPSA) is 29.5 Å². The number of amides is 1. The Labute approximate surface area is 91.8 Å². The predicted octanol–water partition coefficient (Wildman–Crippen LogP) is 2.65. The van der Waals surface area contributed by atoms with Gasteiger partial charge in [-0.1, -0.05) is 19.8 Å². The third-order valence-corrected chi connectivity index (χ3v) is 4.13. The standard InChI is InChI=1S/C12H21NO2/c1-9-5-3-7-11-10(9)6-4-8-13(11)12(14)15-2/h9-11H,3-8H2,1-2H3/t9-,10-,11+/m1/s1. The van der Waals surface area contributed by atoms with Crippen LogP contribution in [-0.2, 0) is 4.74 Å². The number of carbonyl (C=O) groups is 1. The van der Waals surface area contributed by atoms with Crippen molar-refractivity contribution in [2.24, 2.45) is 11.8 Å². The predicted molar refractivity (Wildman–Crippen MR) is 58.6 cm³/mol. The van der Waals surface area contributed by atoms with Crippen LogP contribution in [0.25, 0.3) is 0 Å². The fraction of sp³-hybridized carbons (Fsp3) is 0.917. The molecule has 2 rings (SSSR count). The van der Waals surface area contributed by atoms with Crippen LogP contribution in [0.4, 0.5) is 4.79 Å². The smallest absolute Gasteiger partial charge is 0.409 e. The highest BCUT2D eigenvalue weighted by Gasteiger charge is 2.39. The van der Waals surface area contributed by atoms with E-state index in [0.29, 0.717) is 12.0 Å². The van der Waals surface area contributed by atoms with Crippen LogP contribution in [0.5, 0.6) is 0 Å². The van der Waals surface area contributed by atoms with Gasteiger partial charge in [-0.15, -0.1) is 0 Å². The van der Waals surface area contributed by atoms with Gasteiger partial charge >= 0.3 is 6.09 Å². The van der Waals surface area contributed by atoms with Crippen LogP contribution >= 0.6 is 0 Å². The Bertz CT molecular complexity index is 242. The van der Waals surface area contributed by atoms with Crippen LogP contribution in [0.15, 0.2) is 0 Å². The van der Waals surface area contributed by atoms with Gasteiger partial charge in [-0.05, 0) is 31.1 Å². The average Bonchev–Trinajstić information content (AvgIpc) is 2.28. The molecule has 0 spiro atoms. The summed E-state index contributed by atoms with van der Waals surface area (Å²) in [5.41, 5.74) is 0. The minimum Gasteiger partial charge on any atom is -0.453 e. The number of rotatable bonds is 0. The lowest BCUT2D eigenvalue weighted by Gasteiger charge is -2.46. The molecule has 1 amide bonds. The van der Waals surface area contributed by atoms with Gasteiger partial charge in [0, 0.05) is 12.6 Å². The van der Waals surface area contributed by atoms with E-state index in [1.54, 1.807) is 0 Å². The van der Waals surface area contributed by atoms with E-state index < -0.39 is 0 Å². The molecule has 1 saturated heterocycles. The first-order valence-corrected chi connectivity index (χ1v) is 6.08. The van der Waals surface area contributed by atoms with Gasteiger partial charge in [0.25, 0.3) is 0 Å². The second-order valence-corrected chi connectivity index (χ2v) is 4.95. The quantitative estimate of drug-likeness (QED) is 0.616. The van der Waals surface area contributed by atoms with Crippen molar-refractivity contribution in [1.29, 1.82) is 0 Å². The second kappa shape index (κ2) is 4.42. The van der Waals surface area contributed by atoms with E-state index in [9.17, 15) is 4.79 Å². The molecule has 86 valence electrons. The Hall–Kier alpha value is -0.730. The van der Waals surface area contributed by atoms with Crippen molar-refractivity contribution in [2.45, 2.75) is 45.1 Å². The molecule has 3 heteroatoms. The number of ether oxygens (including phenoxy) is 1. The number of fused-ring (bicyclic) bond motifs is 1. The Morgan fingerprint density at radius 1 is 1.27 bits per heavy atom. The lowest BCUT2D eigenvalue weighted by Crippen LogP contribution is -2.51. The second-order valence-electron chi connectivity index (χ2n) is 4.95. The molecular weight excluding hydrogens is 190 g/mol. The maximum Gasteiger partial charge on any atom is 0.409 e. The molecule has 1 saturated carbocycles. The number of nitrogens with zero attached hydrogens (tertiary/aromatic N) is 1. The van der Waals surface area contributed by atoms with Gasteiger partial charge in [-0.25, -0.2) is 4.79 Å². The van der Waals surface area contributed by atoms with Crippen molar-refractivity contribution in [2.75, 3.05) is 13.7 Å². The number of likely N-dealkylation sites (tertiary alicyclic amines) is 1. The Morgan fingerprint density at radius 2 is 2.07 bits per heavy atom. The average molecular weight is 211 g/mol. The van der Waals surface area contributed by atoms with E-state index in [1.807, 2.05) is 4.90 Å². The Morgan fingerprint density at radius 3 is 2.80 bits per heavy atom. The molecule has 0 aromatic carbocycles. The summed E-state index contributed by atoms with van der Waals surface area (Å²) in [6, 6.07) is 0.454. The van der Waals surface area contributed by atoms with Gasteiger partial charge in [0.1, 0.15) is 0 Å². The number of hydrogen-bond acceptors (Lipinski definition) is 2. The molecule has 0 radical (unpaired) electrons. The molecule has 1 aliphatic carbocycles. The normalized spacial score (nSPS) is 35.9. The molecule has 0 bridgehead atoms. The summed E-state index contributed by atoms with van der Waals surface area (Å²) in [5, 5.41) is 0. The van der Waals surface area contributed by atoms with Gasteiger partial charge in [0.2, 0.25) is 0 Å². The zero-order valence-electron chi connectivity index (χ0n) is 9.74. The first-order chi connectivity index (χ1) is 7.24. The molecule has 0 aromatic heterocycles. The third-order valence-electron chi connectivity index (χ3n) is 4.13. The molecule has 1 aliphatic heterocycles. The maximum atomic E-state index is 11.6. The van der Waals surface area contributed by atoms with Crippen LogP contribution in [-0.4, -0.2) is 30.7 Å². The summed E-state index contributed by atoms with van der Waals surface area (Å²) in [4.78, 5) is 13.6. The van der Waals surface area contributed by atoms with Gasteiger partial charge in [-0.2, -0.15) is 0 Å². The lowest BCUT2D eigenvalue weighted by molar-refractivity contribution is 0.0273. The number of piperidine rings is 1. The summed E-state index contributed by atoms with van der Waals surface area (Å²) in [5.74, 6) is 1.49. The molecule has 0 N–H and O–H groups in total. The van der Waals surface area contributed by atoms with Crippen LogP contribution in [0.2, 0.25) is 0 Å². The molecule has 0 aromatic rings. The molecule has 3 nitrogen and oxygen atoms in total. The van der Waals surface area contributed by atoms with Gasteiger partial charge in [-0.3, -0.25) is 0 Å². The van der Waals surface area contributed by atoms with Crippen molar-refractivity contribution in [3.63, 3.8) is 0 Å². The molecule has 1 heterocycles. The lowest BCUT2D eigenvalue weighted by atomic mass is 9.72. The molecule has 2 aliphatic rings. The van der Waals surface area contributed by atoms with Gasteiger partial charge < -0.3 is 9.64 Å². The van der Waals surface area contributed by atoms with Gasteiger partial charge in [0.05, 0.1) is 7.11 Å². The largest absolute Gasteiger partial charge is 0.453 e. The molecule has 15 heavy (non-hydrogen) atoms.